The van der Waals surface area contributed by atoms with Crippen LogP contribution in [0.15, 0.2) is 10.5 Å². The lowest BCUT2D eigenvalue weighted by molar-refractivity contribution is -0.108. The van der Waals surface area contributed by atoms with Gasteiger partial charge in [-0.05, 0) is 46.0 Å². The summed E-state index contributed by atoms with van der Waals surface area (Å²) < 4.78 is 11.7. The Balaban J connectivity index is 2.47. The minimum Gasteiger partial charge on any atom is -0.454 e. The second kappa shape index (κ2) is 4.45. The normalized spacial score (nSPS) is 14.9. The third kappa shape index (κ3) is 1.82. The molecule has 0 spiro atoms. The molecule has 0 aromatic heterocycles. The number of carbonyl (C=O) groups is 1. The van der Waals surface area contributed by atoms with Crippen molar-refractivity contribution in [2.45, 2.75) is 26.2 Å². The smallest absolute Gasteiger partial charge is 0.231 e. The molecule has 1 aliphatic rings. The molecular weight excluding hydrogens is 272 g/mol. The highest BCUT2D eigenvalue weighted by Gasteiger charge is 2.22. The lowest BCUT2D eigenvalue weighted by Gasteiger charge is -2.14. The molecule has 2 rings (SSSR count). The molecular formula is C12H13BrO3. The van der Waals surface area contributed by atoms with E-state index in [0.29, 0.717) is 6.42 Å². The number of halogens is 1. The van der Waals surface area contributed by atoms with Gasteiger partial charge in [0, 0.05) is 6.42 Å². The molecule has 0 saturated heterocycles. The summed E-state index contributed by atoms with van der Waals surface area (Å²) in [4.78, 5) is 10.6. The molecule has 0 saturated carbocycles. The van der Waals surface area contributed by atoms with Crippen LogP contribution < -0.4 is 9.47 Å². The highest BCUT2D eigenvalue weighted by Crippen LogP contribution is 2.44. The van der Waals surface area contributed by atoms with E-state index in [9.17, 15) is 4.79 Å². The molecule has 0 aliphatic carbocycles. The fourth-order valence-electron chi connectivity index (χ4n) is 1.90. The van der Waals surface area contributed by atoms with Crippen LogP contribution in [0, 0.1) is 6.92 Å². The average Bonchev–Trinajstić information content (AvgIpc) is 2.71. The first-order valence-corrected chi connectivity index (χ1v) is 5.96. The Morgan fingerprint density at radius 3 is 3.00 bits per heavy atom. The fraction of sp³-hybridized carbons (Fsp3) is 0.417. The molecule has 1 atom stereocenters. The third-order valence-electron chi connectivity index (χ3n) is 2.87. The number of ether oxygens (including phenoxy) is 2. The van der Waals surface area contributed by atoms with E-state index in [0.717, 1.165) is 33.4 Å². The monoisotopic (exact) mass is 284 g/mol. The standard InChI is InChI=1S/C12H13BrO3/c1-7(3-4-14)9-5-10-12(16-6-15-10)11(13)8(9)2/h4-5,7H,3,6H2,1-2H3. The lowest BCUT2D eigenvalue weighted by atomic mass is 9.94. The molecule has 0 fully saturated rings. The van der Waals surface area contributed by atoms with Crippen LogP contribution in [0.5, 0.6) is 11.5 Å². The van der Waals surface area contributed by atoms with Gasteiger partial charge in [0.1, 0.15) is 6.29 Å². The molecule has 0 radical (unpaired) electrons. The molecule has 3 nitrogen and oxygen atoms in total. The zero-order valence-electron chi connectivity index (χ0n) is 9.25. The zero-order valence-corrected chi connectivity index (χ0v) is 10.8. The SMILES string of the molecule is Cc1c(C(C)CC=O)cc2c(c1Br)OCO2. The number of carbonyl (C=O) groups excluding carboxylic acids is 1. The molecule has 0 bridgehead atoms. The van der Waals surface area contributed by atoms with Crippen molar-refractivity contribution in [2.75, 3.05) is 6.79 Å². The van der Waals surface area contributed by atoms with Crippen LogP contribution in [0.2, 0.25) is 0 Å². The van der Waals surface area contributed by atoms with Crippen molar-refractivity contribution >= 4 is 22.2 Å². The predicted molar refractivity (Wildman–Crippen MR) is 64.1 cm³/mol. The summed E-state index contributed by atoms with van der Waals surface area (Å²) in [6.45, 7) is 4.31. The zero-order chi connectivity index (χ0) is 11.7. The van der Waals surface area contributed by atoms with E-state index in [1.54, 1.807) is 0 Å². The number of benzene rings is 1. The largest absolute Gasteiger partial charge is 0.454 e. The van der Waals surface area contributed by atoms with E-state index in [-0.39, 0.29) is 12.7 Å². The summed E-state index contributed by atoms with van der Waals surface area (Å²) in [6, 6.07) is 1.97. The topological polar surface area (TPSA) is 35.5 Å². The van der Waals surface area contributed by atoms with E-state index in [2.05, 4.69) is 15.9 Å². The van der Waals surface area contributed by atoms with Crippen molar-refractivity contribution in [1.29, 1.82) is 0 Å². The second-order valence-electron chi connectivity index (χ2n) is 3.94. The van der Waals surface area contributed by atoms with Crippen LogP contribution in [0.4, 0.5) is 0 Å². The summed E-state index contributed by atoms with van der Waals surface area (Å²) in [5, 5.41) is 0. The van der Waals surface area contributed by atoms with E-state index in [1.165, 1.54) is 0 Å². The van der Waals surface area contributed by atoms with Gasteiger partial charge in [-0.25, -0.2) is 0 Å². The van der Waals surface area contributed by atoms with E-state index in [1.807, 2.05) is 19.9 Å². The van der Waals surface area contributed by atoms with Crippen molar-refractivity contribution in [3.05, 3.63) is 21.7 Å². The molecule has 0 amide bonds. The Morgan fingerprint density at radius 1 is 1.56 bits per heavy atom. The van der Waals surface area contributed by atoms with Crippen LogP contribution in [0.3, 0.4) is 0 Å². The molecule has 86 valence electrons. The minimum absolute atomic E-state index is 0.198. The first-order valence-electron chi connectivity index (χ1n) is 5.17. The predicted octanol–water partition coefficient (Wildman–Crippen LogP) is 3.18. The fourth-order valence-corrected chi connectivity index (χ4v) is 2.44. The second-order valence-corrected chi connectivity index (χ2v) is 4.73. The maximum Gasteiger partial charge on any atom is 0.231 e. The van der Waals surface area contributed by atoms with Gasteiger partial charge in [-0.15, -0.1) is 0 Å². The highest BCUT2D eigenvalue weighted by molar-refractivity contribution is 9.10. The summed E-state index contributed by atoms with van der Waals surface area (Å²) in [6.07, 6.45) is 1.47. The van der Waals surface area contributed by atoms with Gasteiger partial charge in [-0.1, -0.05) is 6.92 Å². The van der Waals surface area contributed by atoms with Gasteiger partial charge in [0.2, 0.25) is 6.79 Å². The molecule has 1 aromatic rings. The Bertz CT molecular complexity index is 429. The number of fused-ring (bicyclic) bond motifs is 1. The van der Waals surface area contributed by atoms with Crippen LogP contribution in [-0.2, 0) is 4.79 Å². The minimum atomic E-state index is 0.198. The first-order chi connectivity index (χ1) is 7.65. The van der Waals surface area contributed by atoms with E-state index >= 15 is 0 Å². The van der Waals surface area contributed by atoms with Crippen molar-refractivity contribution in [2.24, 2.45) is 0 Å². The summed E-state index contributed by atoms with van der Waals surface area (Å²) >= 11 is 3.51. The maximum absolute atomic E-state index is 10.6. The summed E-state index contributed by atoms with van der Waals surface area (Å²) in [5.74, 6) is 1.72. The number of aldehydes is 1. The summed E-state index contributed by atoms with van der Waals surface area (Å²) in [7, 11) is 0. The van der Waals surface area contributed by atoms with Crippen LogP contribution in [0.25, 0.3) is 0 Å². The van der Waals surface area contributed by atoms with Gasteiger partial charge >= 0.3 is 0 Å². The van der Waals surface area contributed by atoms with Crippen molar-refractivity contribution in [3.63, 3.8) is 0 Å². The molecule has 16 heavy (non-hydrogen) atoms. The highest BCUT2D eigenvalue weighted by atomic mass is 79.9. The quantitative estimate of drug-likeness (QED) is 0.800. The van der Waals surface area contributed by atoms with Crippen LogP contribution in [0.1, 0.15) is 30.4 Å². The molecule has 1 aromatic carbocycles. The van der Waals surface area contributed by atoms with Crippen molar-refractivity contribution < 1.29 is 14.3 Å². The number of rotatable bonds is 3. The van der Waals surface area contributed by atoms with E-state index < -0.39 is 0 Å². The summed E-state index contributed by atoms with van der Waals surface area (Å²) in [5.41, 5.74) is 2.24. The molecule has 1 heterocycles. The molecule has 1 unspecified atom stereocenters. The third-order valence-corrected chi connectivity index (χ3v) is 3.83. The van der Waals surface area contributed by atoms with E-state index in [4.69, 9.17) is 9.47 Å². The maximum atomic E-state index is 10.6. The lowest BCUT2D eigenvalue weighted by Crippen LogP contribution is -1.98. The Labute approximate surface area is 103 Å². The molecule has 4 heteroatoms. The first kappa shape index (κ1) is 11.5. The number of hydrogen-bond acceptors (Lipinski definition) is 3. The van der Waals surface area contributed by atoms with Crippen LogP contribution >= 0.6 is 15.9 Å². The average molecular weight is 285 g/mol. The van der Waals surface area contributed by atoms with Gasteiger partial charge in [-0.2, -0.15) is 0 Å². The van der Waals surface area contributed by atoms with Gasteiger partial charge in [0.25, 0.3) is 0 Å². The van der Waals surface area contributed by atoms with Gasteiger partial charge < -0.3 is 14.3 Å². The number of hydrogen-bond donors (Lipinski definition) is 0. The Morgan fingerprint density at radius 2 is 2.31 bits per heavy atom. The van der Waals surface area contributed by atoms with Gasteiger partial charge in [0.05, 0.1) is 4.47 Å². The van der Waals surface area contributed by atoms with Gasteiger partial charge in [-0.3, -0.25) is 0 Å². The van der Waals surface area contributed by atoms with Crippen molar-refractivity contribution in [1.82, 2.24) is 0 Å². The van der Waals surface area contributed by atoms with Gasteiger partial charge in [0.15, 0.2) is 11.5 Å². The van der Waals surface area contributed by atoms with Crippen molar-refractivity contribution in [3.8, 4) is 11.5 Å². The molecule has 0 N–H and O–H groups in total. The van der Waals surface area contributed by atoms with Crippen LogP contribution in [-0.4, -0.2) is 13.1 Å². The Kier molecular flexibility index (Phi) is 3.19. The Hall–Kier alpha value is -1.03. The molecule has 1 aliphatic heterocycles.